The molecular formula is C11H14N4OS2. The molecule has 0 atom stereocenters. The first-order valence-corrected chi connectivity index (χ1v) is 7.10. The van der Waals surface area contributed by atoms with Crippen molar-refractivity contribution < 1.29 is 4.79 Å². The number of amides is 1. The van der Waals surface area contributed by atoms with Crippen LogP contribution < -0.4 is 11.3 Å². The first-order chi connectivity index (χ1) is 8.69. The topological polar surface area (TPSA) is 71.2 Å². The fraction of sp³-hybridized carbons (Fsp3) is 0.273. The van der Waals surface area contributed by atoms with E-state index in [1.807, 2.05) is 24.0 Å². The summed E-state index contributed by atoms with van der Waals surface area (Å²) in [5.74, 6) is 4.85. The largest absolute Gasteiger partial charge is 0.295 e. The van der Waals surface area contributed by atoms with Gasteiger partial charge in [-0.15, -0.1) is 22.7 Å². The molecule has 2 aromatic heterocycles. The zero-order valence-electron chi connectivity index (χ0n) is 9.92. The van der Waals surface area contributed by atoms with Gasteiger partial charge >= 0.3 is 0 Å². The summed E-state index contributed by atoms with van der Waals surface area (Å²) in [5, 5.41) is 2.04. The first kappa shape index (κ1) is 13.2. The molecule has 0 radical (unpaired) electrons. The molecule has 0 aromatic carbocycles. The summed E-state index contributed by atoms with van der Waals surface area (Å²) in [6.45, 7) is 1.60. The van der Waals surface area contributed by atoms with Gasteiger partial charge in [-0.05, 0) is 19.2 Å². The summed E-state index contributed by atoms with van der Waals surface area (Å²) >= 11 is 3.05. The van der Waals surface area contributed by atoms with Crippen LogP contribution in [0.25, 0.3) is 0 Å². The van der Waals surface area contributed by atoms with Gasteiger partial charge in [0, 0.05) is 23.3 Å². The van der Waals surface area contributed by atoms with Gasteiger partial charge in [-0.3, -0.25) is 15.1 Å². The molecule has 0 bridgehead atoms. The lowest BCUT2D eigenvalue weighted by Gasteiger charge is -2.13. The molecule has 18 heavy (non-hydrogen) atoms. The highest BCUT2D eigenvalue weighted by molar-refractivity contribution is 7.14. The van der Waals surface area contributed by atoms with Crippen molar-refractivity contribution in [1.29, 1.82) is 0 Å². The van der Waals surface area contributed by atoms with Crippen molar-refractivity contribution in [3.05, 3.63) is 38.5 Å². The van der Waals surface area contributed by atoms with Gasteiger partial charge in [0.05, 0.1) is 16.1 Å². The zero-order valence-corrected chi connectivity index (χ0v) is 11.6. The Labute approximate surface area is 113 Å². The summed E-state index contributed by atoms with van der Waals surface area (Å²) in [6.07, 6.45) is 0. The number of hydrogen-bond acceptors (Lipinski definition) is 6. The second-order valence-corrected chi connectivity index (χ2v) is 5.78. The van der Waals surface area contributed by atoms with E-state index < -0.39 is 0 Å². The Morgan fingerprint density at radius 2 is 2.33 bits per heavy atom. The second kappa shape index (κ2) is 6.05. The number of carbonyl (C=O) groups excluding carboxylic acids is 1. The molecule has 0 saturated heterocycles. The normalized spacial score (nSPS) is 10.8. The van der Waals surface area contributed by atoms with E-state index in [0.717, 1.165) is 23.7 Å². The number of hydrazine groups is 1. The SMILES string of the molecule is CN(Cc1cscn1)Cc1ccc(C(=O)NN)s1. The Hall–Kier alpha value is -1.28. The molecule has 3 N–H and O–H groups in total. The van der Waals surface area contributed by atoms with Gasteiger partial charge in [0.2, 0.25) is 0 Å². The monoisotopic (exact) mass is 282 g/mol. The number of aromatic nitrogens is 1. The molecule has 7 heteroatoms. The lowest BCUT2D eigenvalue weighted by molar-refractivity contribution is 0.0957. The zero-order chi connectivity index (χ0) is 13.0. The molecule has 1 amide bonds. The molecule has 0 spiro atoms. The molecule has 96 valence electrons. The number of hydrogen-bond donors (Lipinski definition) is 2. The third kappa shape index (κ3) is 3.36. The molecule has 2 aromatic rings. The fourth-order valence-corrected chi connectivity index (χ4v) is 3.11. The molecular weight excluding hydrogens is 268 g/mol. The Kier molecular flexibility index (Phi) is 4.43. The van der Waals surface area contributed by atoms with Crippen molar-refractivity contribution in [2.45, 2.75) is 13.1 Å². The van der Waals surface area contributed by atoms with Crippen LogP contribution in [0.15, 0.2) is 23.0 Å². The molecule has 0 aliphatic carbocycles. The van der Waals surface area contributed by atoms with Crippen LogP contribution in [-0.2, 0) is 13.1 Å². The van der Waals surface area contributed by atoms with Gasteiger partial charge in [0.25, 0.3) is 5.91 Å². The van der Waals surface area contributed by atoms with Crippen LogP contribution >= 0.6 is 22.7 Å². The molecule has 0 unspecified atom stereocenters. The number of carbonyl (C=O) groups is 1. The maximum atomic E-state index is 11.3. The number of nitrogens with one attached hydrogen (secondary N) is 1. The Balaban J connectivity index is 1.92. The molecule has 5 nitrogen and oxygen atoms in total. The lowest BCUT2D eigenvalue weighted by atomic mass is 10.3. The minimum Gasteiger partial charge on any atom is -0.295 e. The minimum absolute atomic E-state index is 0.242. The predicted octanol–water partition coefficient (Wildman–Crippen LogP) is 1.44. The standard InChI is InChI=1S/C11H14N4OS2/c1-15(4-8-6-17-7-13-8)5-9-2-3-10(18-9)11(16)14-12/h2-3,6-7H,4-5,12H2,1H3,(H,14,16). The van der Waals surface area contributed by atoms with Crippen LogP contribution in [0.4, 0.5) is 0 Å². The van der Waals surface area contributed by atoms with Crippen molar-refractivity contribution in [2.75, 3.05) is 7.05 Å². The summed E-state index contributed by atoms with van der Waals surface area (Å²) in [5.41, 5.74) is 5.03. The molecule has 0 saturated carbocycles. The minimum atomic E-state index is -0.242. The number of nitrogen functional groups attached to an aromatic ring is 1. The van der Waals surface area contributed by atoms with E-state index >= 15 is 0 Å². The van der Waals surface area contributed by atoms with Gasteiger partial charge in [-0.1, -0.05) is 0 Å². The van der Waals surface area contributed by atoms with Crippen molar-refractivity contribution in [3.8, 4) is 0 Å². The molecule has 2 heterocycles. The number of thiophene rings is 1. The highest BCUT2D eigenvalue weighted by Gasteiger charge is 2.09. The Bertz CT molecular complexity index is 509. The van der Waals surface area contributed by atoms with Gasteiger partial charge in [-0.25, -0.2) is 10.8 Å². The number of rotatable bonds is 5. The maximum Gasteiger partial charge on any atom is 0.275 e. The second-order valence-electron chi connectivity index (χ2n) is 3.89. The van der Waals surface area contributed by atoms with Crippen LogP contribution in [0.2, 0.25) is 0 Å². The van der Waals surface area contributed by atoms with E-state index in [1.165, 1.54) is 11.3 Å². The Morgan fingerprint density at radius 3 is 3.00 bits per heavy atom. The number of nitrogens with two attached hydrogens (primary N) is 1. The number of thiazole rings is 1. The molecule has 0 aliphatic heterocycles. The van der Waals surface area contributed by atoms with Gasteiger partial charge in [0.1, 0.15) is 0 Å². The van der Waals surface area contributed by atoms with Gasteiger partial charge in [-0.2, -0.15) is 0 Å². The van der Waals surface area contributed by atoms with Gasteiger partial charge < -0.3 is 0 Å². The predicted molar refractivity (Wildman–Crippen MR) is 73.3 cm³/mol. The third-order valence-corrected chi connectivity index (χ3v) is 4.06. The average molecular weight is 282 g/mol. The maximum absolute atomic E-state index is 11.3. The smallest absolute Gasteiger partial charge is 0.275 e. The van der Waals surface area contributed by atoms with E-state index in [-0.39, 0.29) is 5.91 Å². The van der Waals surface area contributed by atoms with Crippen LogP contribution in [-0.4, -0.2) is 22.8 Å². The fourth-order valence-electron chi connectivity index (χ4n) is 1.57. The van der Waals surface area contributed by atoms with Crippen LogP contribution in [0.5, 0.6) is 0 Å². The first-order valence-electron chi connectivity index (χ1n) is 5.34. The van der Waals surface area contributed by atoms with E-state index in [2.05, 4.69) is 15.3 Å². The van der Waals surface area contributed by atoms with E-state index in [0.29, 0.717) is 4.88 Å². The van der Waals surface area contributed by atoms with Crippen molar-refractivity contribution in [1.82, 2.24) is 15.3 Å². The number of nitrogens with zero attached hydrogens (tertiary/aromatic N) is 2. The van der Waals surface area contributed by atoms with Crippen LogP contribution in [0.1, 0.15) is 20.2 Å². The van der Waals surface area contributed by atoms with E-state index in [9.17, 15) is 4.79 Å². The lowest BCUT2D eigenvalue weighted by Crippen LogP contribution is -2.29. The van der Waals surface area contributed by atoms with Crippen LogP contribution in [0.3, 0.4) is 0 Å². The van der Waals surface area contributed by atoms with Crippen molar-refractivity contribution >= 4 is 28.6 Å². The third-order valence-electron chi connectivity index (χ3n) is 2.36. The summed E-state index contributed by atoms with van der Waals surface area (Å²) < 4.78 is 0. The van der Waals surface area contributed by atoms with Crippen LogP contribution in [0, 0.1) is 0 Å². The van der Waals surface area contributed by atoms with Crippen molar-refractivity contribution in [2.24, 2.45) is 5.84 Å². The van der Waals surface area contributed by atoms with E-state index in [4.69, 9.17) is 5.84 Å². The summed E-state index contributed by atoms with van der Waals surface area (Å²) in [4.78, 5) is 19.5. The highest BCUT2D eigenvalue weighted by Crippen LogP contribution is 2.18. The molecule has 0 aliphatic rings. The summed E-state index contributed by atoms with van der Waals surface area (Å²) in [7, 11) is 2.03. The average Bonchev–Trinajstić information content (AvgIpc) is 2.99. The van der Waals surface area contributed by atoms with Crippen molar-refractivity contribution in [3.63, 3.8) is 0 Å². The summed E-state index contributed by atoms with van der Waals surface area (Å²) in [6, 6.07) is 3.74. The van der Waals surface area contributed by atoms with E-state index in [1.54, 1.807) is 17.4 Å². The highest BCUT2D eigenvalue weighted by atomic mass is 32.1. The van der Waals surface area contributed by atoms with Gasteiger partial charge in [0.15, 0.2) is 0 Å². The quantitative estimate of drug-likeness (QED) is 0.494. The molecule has 2 rings (SSSR count). The molecule has 0 fully saturated rings. The Morgan fingerprint density at radius 1 is 1.50 bits per heavy atom.